The average Bonchev–Trinajstić information content (AvgIpc) is 2.64. The molecule has 0 atom stereocenters. The topological polar surface area (TPSA) is 0 Å². The van der Waals surface area contributed by atoms with Gasteiger partial charge in [0.25, 0.3) is 0 Å². The van der Waals surface area contributed by atoms with Crippen LogP contribution < -0.4 is 0 Å². The molecule has 25 heavy (non-hydrogen) atoms. The summed E-state index contributed by atoms with van der Waals surface area (Å²) in [4.78, 5) is 0. The van der Waals surface area contributed by atoms with Gasteiger partial charge in [0.05, 0.1) is 0 Å². The highest BCUT2D eigenvalue weighted by Crippen LogP contribution is 2.37. The highest BCUT2D eigenvalue weighted by molar-refractivity contribution is 5.20. The highest BCUT2D eigenvalue weighted by atomic mass is 19.1. The van der Waals surface area contributed by atoms with Crippen molar-refractivity contribution in [2.24, 2.45) is 5.92 Å². The fourth-order valence-electron chi connectivity index (χ4n) is 4.44. The molecule has 0 aromatic heterocycles. The first kappa shape index (κ1) is 20.5. The largest absolute Gasteiger partial charge is 0.207 e. The van der Waals surface area contributed by atoms with Gasteiger partial charge in [-0.25, -0.2) is 4.39 Å². The minimum atomic E-state index is -0.113. The summed E-state index contributed by atoms with van der Waals surface area (Å²) < 4.78 is 13.0. The van der Waals surface area contributed by atoms with Crippen LogP contribution in [-0.2, 0) is 0 Å². The fraction of sp³-hybridized carbons (Fsp3) is 0.750. The van der Waals surface area contributed by atoms with Gasteiger partial charge in [0, 0.05) is 0 Å². The van der Waals surface area contributed by atoms with Crippen LogP contribution in [0.1, 0.15) is 115 Å². The van der Waals surface area contributed by atoms with E-state index in [2.05, 4.69) is 6.92 Å². The number of benzene rings is 1. The molecule has 0 heterocycles. The summed E-state index contributed by atoms with van der Waals surface area (Å²) >= 11 is 0. The third kappa shape index (κ3) is 8.38. The molecule has 0 unspecified atom stereocenters. The van der Waals surface area contributed by atoms with E-state index in [1.165, 1.54) is 102 Å². The van der Waals surface area contributed by atoms with Gasteiger partial charge in [-0.05, 0) is 55.2 Å². The maximum atomic E-state index is 13.0. The summed E-state index contributed by atoms with van der Waals surface area (Å²) in [6.07, 6.45) is 21.1. The Balaban J connectivity index is 1.45. The second-order valence-electron chi connectivity index (χ2n) is 8.24. The Morgan fingerprint density at radius 3 is 1.80 bits per heavy atom. The van der Waals surface area contributed by atoms with Crippen LogP contribution in [-0.4, -0.2) is 0 Å². The first-order valence-corrected chi connectivity index (χ1v) is 11.0. The van der Waals surface area contributed by atoms with Crippen LogP contribution in [0.5, 0.6) is 0 Å². The lowest BCUT2D eigenvalue weighted by Gasteiger charge is -2.28. The van der Waals surface area contributed by atoms with Gasteiger partial charge in [-0.1, -0.05) is 89.7 Å². The molecule has 0 radical (unpaired) electrons. The van der Waals surface area contributed by atoms with Crippen LogP contribution in [0.4, 0.5) is 4.39 Å². The molecule has 0 amide bonds. The van der Waals surface area contributed by atoms with Gasteiger partial charge >= 0.3 is 0 Å². The summed E-state index contributed by atoms with van der Waals surface area (Å²) in [7, 11) is 0. The number of unbranched alkanes of at least 4 members (excludes halogenated alkanes) is 9. The van der Waals surface area contributed by atoms with Crippen LogP contribution in [0.2, 0.25) is 0 Å². The zero-order valence-electron chi connectivity index (χ0n) is 16.4. The first-order chi connectivity index (χ1) is 12.3. The first-order valence-electron chi connectivity index (χ1n) is 11.0. The van der Waals surface area contributed by atoms with Crippen LogP contribution in [0, 0.1) is 11.7 Å². The Kier molecular flexibility index (Phi) is 10.2. The van der Waals surface area contributed by atoms with Crippen LogP contribution in [0.25, 0.3) is 0 Å². The highest BCUT2D eigenvalue weighted by Gasteiger charge is 2.21. The van der Waals surface area contributed by atoms with Gasteiger partial charge < -0.3 is 0 Å². The minimum absolute atomic E-state index is 0.113. The molecule has 0 spiro atoms. The second kappa shape index (κ2) is 12.5. The Hall–Kier alpha value is -0.850. The van der Waals surface area contributed by atoms with Gasteiger partial charge in [-0.3, -0.25) is 0 Å². The number of halogens is 1. The van der Waals surface area contributed by atoms with E-state index in [1.54, 1.807) is 12.1 Å². The zero-order valence-corrected chi connectivity index (χ0v) is 16.4. The molecule has 1 aromatic carbocycles. The Morgan fingerprint density at radius 1 is 0.720 bits per heavy atom. The third-order valence-corrected chi connectivity index (χ3v) is 6.15. The monoisotopic (exact) mass is 346 g/mol. The molecule has 1 aliphatic carbocycles. The predicted molar refractivity (Wildman–Crippen MR) is 108 cm³/mol. The maximum absolute atomic E-state index is 13.0. The molecule has 0 nitrogen and oxygen atoms in total. The molecule has 142 valence electrons. The molecule has 2 rings (SSSR count). The van der Waals surface area contributed by atoms with E-state index in [0.29, 0.717) is 5.92 Å². The Morgan fingerprint density at radius 2 is 1.24 bits per heavy atom. The van der Waals surface area contributed by atoms with Crippen molar-refractivity contribution >= 4 is 0 Å². The zero-order chi connectivity index (χ0) is 17.7. The van der Waals surface area contributed by atoms with Crippen molar-refractivity contribution in [2.75, 3.05) is 0 Å². The van der Waals surface area contributed by atoms with Gasteiger partial charge in [-0.15, -0.1) is 0 Å². The van der Waals surface area contributed by atoms with Gasteiger partial charge in [0.15, 0.2) is 0 Å². The van der Waals surface area contributed by atoms with Gasteiger partial charge in [0.2, 0.25) is 0 Å². The molecule has 1 aromatic rings. The van der Waals surface area contributed by atoms with E-state index < -0.39 is 0 Å². The Labute approximate surface area is 155 Å². The summed E-state index contributed by atoms with van der Waals surface area (Å²) in [6.45, 7) is 2.29. The standard InChI is InChI=1S/C24H39F/c1-2-3-4-5-6-7-8-9-10-11-12-21-13-15-22(16-14-21)23-17-19-24(25)20-18-23/h17-22H,2-16H2,1H3/t21-,22-. The Bertz CT molecular complexity index is 428. The molecular formula is C24H39F. The lowest BCUT2D eigenvalue weighted by molar-refractivity contribution is 0.301. The van der Waals surface area contributed by atoms with Crippen molar-refractivity contribution in [3.05, 3.63) is 35.6 Å². The SMILES string of the molecule is CCCCCCCCCCCC[C@H]1CC[C@H](c2ccc(F)cc2)CC1. The van der Waals surface area contributed by atoms with Crippen LogP contribution >= 0.6 is 0 Å². The molecule has 1 saturated carbocycles. The van der Waals surface area contributed by atoms with Crippen LogP contribution in [0.3, 0.4) is 0 Å². The van der Waals surface area contributed by atoms with E-state index in [9.17, 15) is 4.39 Å². The lowest BCUT2D eigenvalue weighted by atomic mass is 9.77. The smallest absolute Gasteiger partial charge is 0.123 e. The van der Waals surface area contributed by atoms with Crippen molar-refractivity contribution in [1.29, 1.82) is 0 Å². The van der Waals surface area contributed by atoms with E-state index >= 15 is 0 Å². The average molecular weight is 347 g/mol. The minimum Gasteiger partial charge on any atom is -0.207 e. The molecule has 0 aliphatic heterocycles. The molecule has 1 fully saturated rings. The normalized spacial score (nSPS) is 20.7. The summed E-state index contributed by atoms with van der Waals surface area (Å²) in [6, 6.07) is 7.21. The lowest BCUT2D eigenvalue weighted by Crippen LogP contribution is -2.13. The summed E-state index contributed by atoms with van der Waals surface area (Å²) in [5.74, 6) is 1.51. The summed E-state index contributed by atoms with van der Waals surface area (Å²) in [5, 5.41) is 0. The van der Waals surface area contributed by atoms with Gasteiger partial charge in [0.1, 0.15) is 5.82 Å². The molecule has 1 heteroatoms. The third-order valence-electron chi connectivity index (χ3n) is 6.15. The quantitative estimate of drug-likeness (QED) is 0.333. The molecule has 0 bridgehead atoms. The molecule has 0 saturated heterocycles. The van der Waals surface area contributed by atoms with Gasteiger partial charge in [-0.2, -0.15) is 0 Å². The molecule has 1 aliphatic rings. The van der Waals surface area contributed by atoms with E-state index in [0.717, 1.165) is 5.92 Å². The number of hydrogen-bond acceptors (Lipinski definition) is 0. The van der Waals surface area contributed by atoms with Crippen molar-refractivity contribution in [3.63, 3.8) is 0 Å². The molecule has 0 N–H and O–H groups in total. The van der Waals surface area contributed by atoms with Crippen LogP contribution in [0.15, 0.2) is 24.3 Å². The second-order valence-corrected chi connectivity index (χ2v) is 8.24. The van der Waals surface area contributed by atoms with E-state index in [-0.39, 0.29) is 5.82 Å². The van der Waals surface area contributed by atoms with E-state index in [1.807, 2.05) is 12.1 Å². The van der Waals surface area contributed by atoms with Crippen molar-refractivity contribution in [3.8, 4) is 0 Å². The summed E-state index contributed by atoms with van der Waals surface area (Å²) in [5.41, 5.74) is 1.35. The van der Waals surface area contributed by atoms with E-state index in [4.69, 9.17) is 0 Å². The molecular weight excluding hydrogens is 307 g/mol. The number of rotatable bonds is 12. The fourth-order valence-corrected chi connectivity index (χ4v) is 4.44. The maximum Gasteiger partial charge on any atom is 0.123 e. The number of hydrogen-bond donors (Lipinski definition) is 0. The van der Waals surface area contributed by atoms with Crippen molar-refractivity contribution in [1.82, 2.24) is 0 Å². The van der Waals surface area contributed by atoms with Crippen molar-refractivity contribution in [2.45, 2.75) is 109 Å². The predicted octanol–water partition coefficient (Wildman–Crippen LogP) is 8.41. The van der Waals surface area contributed by atoms with Crippen molar-refractivity contribution < 1.29 is 4.39 Å².